The fourth-order valence-electron chi connectivity index (χ4n) is 3.32. The third kappa shape index (κ3) is 5.61. The number of anilines is 2. The molecule has 0 spiro atoms. The van der Waals surface area contributed by atoms with E-state index in [1.807, 2.05) is 26.8 Å². The maximum atomic E-state index is 13.3. The molecular weight excluding hydrogens is 432 g/mol. The molecule has 0 aliphatic carbocycles. The zero-order chi connectivity index (χ0) is 25.3. The molecule has 0 unspecified atom stereocenters. The quantitative estimate of drug-likeness (QED) is 0.309. The van der Waals surface area contributed by atoms with Gasteiger partial charge in [-0.1, -0.05) is 39.5 Å². The summed E-state index contributed by atoms with van der Waals surface area (Å²) in [5, 5.41) is 6.03. The van der Waals surface area contributed by atoms with Crippen molar-refractivity contribution in [1.29, 1.82) is 0 Å². The van der Waals surface area contributed by atoms with E-state index in [1.54, 1.807) is 62.6 Å². The Labute approximate surface area is 199 Å². The third-order valence-corrected chi connectivity index (χ3v) is 4.75. The number of pyridine rings is 1. The highest BCUT2D eigenvalue weighted by Crippen LogP contribution is 2.23. The third-order valence-electron chi connectivity index (χ3n) is 4.75. The van der Waals surface area contributed by atoms with Gasteiger partial charge in [-0.2, -0.15) is 0 Å². The van der Waals surface area contributed by atoms with Gasteiger partial charge >= 0.3 is 0 Å². The standard InChI is InChI=1S/C23H26N6O3.C2H6/c1-6-9-17(22(24-3)32-5)27-18-13-29(23(31)21-20(18)25-14-28(21)4)16-11-8-10-15(12-16)26-19(30)7-2;1-2/h7-14,27H,2,6H2,1,3-5H3,(H,26,30);1-2H3/b17-9+,24-22?;. The van der Waals surface area contributed by atoms with Crippen molar-refractivity contribution in [2.24, 2.45) is 12.0 Å². The van der Waals surface area contributed by atoms with Crippen LogP contribution < -0.4 is 16.2 Å². The predicted octanol–water partition coefficient (Wildman–Crippen LogP) is 4.26. The van der Waals surface area contributed by atoms with Crippen LogP contribution in [0.3, 0.4) is 0 Å². The molecule has 3 aromatic rings. The number of amides is 1. The number of hydrogen-bond donors (Lipinski definition) is 2. The Kier molecular flexibility index (Phi) is 9.37. The van der Waals surface area contributed by atoms with Gasteiger partial charge in [0.15, 0.2) is 0 Å². The lowest BCUT2D eigenvalue weighted by Crippen LogP contribution is -2.22. The van der Waals surface area contributed by atoms with E-state index in [2.05, 4.69) is 27.2 Å². The molecule has 1 aromatic carbocycles. The zero-order valence-corrected chi connectivity index (χ0v) is 20.5. The van der Waals surface area contributed by atoms with Crippen molar-refractivity contribution in [3.8, 4) is 5.69 Å². The topological polar surface area (TPSA) is 103 Å². The first-order chi connectivity index (χ1) is 16.4. The smallest absolute Gasteiger partial charge is 0.281 e. The molecule has 0 aliphatic rings. The molecule has 2 aromatic heterocycles. The second-order valence-electron chi connectivity index (χ2n) is 6.90. The van der Waals surface area contributed by atoms with Crippen molar-refractivity contribution in [1.82, 2.24) is 14.1 Å². The molecule has 0 fully saturated rings. The van der Waals surface area contributed by atoms with Crippen molar-refractivity contribution < 1.29 is 9.53 Å². The highest BCUT2D eigenvalue weighted by atomic mass is 16.5. The SMILES string of the molecule is C=CC(=O)Nc1cccc(-n2cc(N/C(=C/CC)C(=NC)OC)c3ncn(C)c3c2=O)c1.CC. The molecule has 34 heavy (non-hydrogen) atoms. The first kappa shape index (κ1) is 26.1. The summed E-state index contributed by atoms with van der Waals surface area (Å²) in [5.41, 5.74) is 3.12. The average molecular weight is 465 g/mol. The lowest BCUT2D eigenvalue weighted by atomic mass is 10.2. The minimum Gasteiger partial charge on any atom is -0.480 e. The largest absolute Gasteiger partial charge is 0.480 e. The van der Waals surface area contributed by atoms with Crippen LogP contribution in [0.4, 0.5) is 11.4 Å². The van der Waals surface area contributed by atoms with E-state index in [9.17, 15) is 9.59 Å². The van der Waals surface area contributed by atoms with Gasteiger partial charge in [0.05, 0.1) is 30.5 Å². The van der Waals surface area contributed by atoms with Crippen molar-refractivity contribution >= 4 is 34.2 Å². The van der Waals surface area contributed by atoms with Gasteiger partial charge in [0.2, 0.25) is 11.8 Å². The van der Waals surface area contributed by atoms with Gasteiger partial charge < -0.3 is 19.9 Å². The Morgan fingerprint density at radius 3 is 2.65 bits per heavy atom. The van der Waals surface area contributed by atoms with Gasteiger partial charge in [0.1, 0.15) is 11.0 Å². The summed E-state index contributed by atoms with van der Waals surface area (Å²) < 4.78 is 8.57. The van der Waals surface area contributed by atoms with Crippen LogP contribution in [-0.4, -0.2) is 40.1 Å². The van der Waals surface area contributed by atoms with Gasteiger partial charge in [-0.3, -0.25) is 19.1 Å². The summed E-state index contributed by atoms with van der Waals surface area (Å²) in [6.45, 7) is 9.47. The maximum absolute atomic E-state index is 13.3. The Morgan fingerprint density at radius 1 is 1.29 bits per heavy atom. The van der Waals surface area contributed by atoms with Crippen LogP contribution in [0.25, 0.3) is 16.7 Å². The molecule has 0 saturated carbocycles. The molecular formula is C25H32N6O3. The zero-order valence-electron chi connectivity index (χ0n) is 20.5. The number of nitrogens with zero attached hydrogens (tertiary/aromatic N) is 4. The van der Waals surface area contributed by atoms with Crippen LogP contribution in [0.5, 0.6) is 0 Å². The van der Waals surface area contributed by atoms with E-state index < -0.39 is 0 Å². The van der Waals surface area contributed by atoms with Crippen molar-refractivity contribution in [3.63, 3.8) is 0 Å². The number of benzene rings is 1. The molecule has 0 radical (unpaired) electrons. The number of ether oxygens (including phenoxy) is 1. The van der Waals surface area contributed by atoms with E-state index in [1.165, 1.54) is 10.6 Å². The molecule has 2 N–H and O–H groups in total. The lowest BCUT2D eigenvalue weighted by molar-refractivity contribution is -0.111. The Balaban J connectivity index is 0.00000199. The van der Waals surface area contributed by atoms with Crippen LogP contribution in [0.15, 0.2) is 71.0 Å². The maximum Gasteiger partial charge on any atom is 0.281 e. The van der Waals surface area contributed by atoms with Crippen LogP contribution >= 0.6 is 0 Å². The summed E-state index contributed by atoms with van der Waals surface area (Å²) in [5.74, 6) is 0.0991. The number of fused-ring (bicyclic) bond motifs is 1. The highest BCUT2D eigenvalue weighted by molar-refractivity contribution is 6.00. The number of methoxy groups -OCH3 is 1. The molecule has 180 valence electrons. The summed E-state index contributed by atoms with van der Waals surface area (Å²) in [6, 6.07) is 7.00. The number of hydrogen-bond acceptors (Lipinski definition) is 6. The van der Waals surface area contributed by atoms with Crippen LogP contribution in [0.1, 0.15) is 27.2 Å². The van der Waals surface area contributed by atoms with E-state index in [4.69, 9.17) is 4.74 Å². The molecule has 0 saturated heterocycles. The number of nitrogens with one attached hydrogen (secondary N) is 2. The Hall–Kier alpha value is -4.14. The number of rotatable bonds is 7. The first-order valence-electron chi connectivity index (χ1n) is 11.0. The number of carbonyl (C=O) groups excluding carboxylic acids is 1. The summed E-state index contributed by atoms with van der Waals surface area (Å²) >= 11 is 0. The van der Waals surface area contributed by atoms with E-state index in [0.29, 0.717) is 39.7 Å². The van der Waals surface area contributed by atoms with E-state index >= 15 is 0 Å². The molecule has 9 heteroatoms. The van der Waals surface area contributed by atoms with Crippen LogP contribution in [0, 0.1) is 0 Å². The van der Waals surface area contributed by atoms with Crippen LogP contribution in [0.2, 0.25) is 0 Å². The van der Waals surface area contributed by atoms with Gasteiger partial charge in [-0.25, -0.2) is 4.98 Å². The van der Waals surface area contributed by atoms with Crippen LogP contribution in [-0.2, 0) is 16.6 Å². The number of aryl methyl sites for hydroxylation is 1. The monoisotopic (exact) mass is 464 g/mol. The fraction of sp³-hybridized carbons (Fsp3) is 0.280. The minimum absolute atomic E-state index is 0.241. The Morgan fingerprint density at radius 2 is 2.03 bits per heavy atom. The molecule has 3 rings (SSSR count). The average Bonchev–Trinajstić information content (AvgIpc) is 3.25. The number of aromatic nitrogens is 3. The summed E-state index contributed by atoms with van der Waals surface area (Å²) in [4.78, 5) is 33.6. The van der Waals surface area contributed by atoms with Crippen molar-refractivity contribution in [2.75, 3.05) is 24.8 Å². The predicted molar refractivity (Wildman–Crippen MR) is 139 cm³/mol. The lowest BCUT2D eigenvalue weighted by Gasteiger charge is -2.15. The first-order valence-corrected chi connectivity index (χ1v) is 11.0. The van der Waals surface area contributed by atoms with Gasteiger partial charge in [0, 0.05) is 26.0 Å². The minimum atomic E-state index is -0.334. The molecule has 1 amide bonds. The number of allylic oxidation sites excluding steroid dienone is 1. The Bertz CT molecular complexity index is 1280. The van der Waals surface area contributed by atoms with Gasteiger partial charge in [-0.05, 0) is 30.7 Å². The molecule has 9 nitrogen and oxygen atoms in total. The summed E-state index contributed by atoms with van der Waals surface area (Å²) in [6.07, 6.45) is 7.16. The van der Waals surface area contributed by atoms with Crippen molar-refractivity contribution in [3.05, 3.63) is 71.6 Å². The number of carbonyl (C=O) groups is 1. The highest BCUT2D eigenvalue weighted by Gasteiger charge is 2.17. The van der Waals surface area contributed by atoms with E-state index in [0.717, 1.165) is 6.42 Å². The fourth-order valence-corrected chi connectivity index (χ4v) is 3.32. The molecule has 0 aliphatic heterocycles. The van der Waals surface area contributed by atoms with E-state index in [-0.39, 0.29) is 11.5 Å². The number of imidazole rings is 1. The molecule has 0 bridgehead atoms. The normalized spacial score (nSPS) is 11.5. The second-order valence-corrected chi connectivity index (χ2v) is 6.90. The molecule has 2 heterocycles. The summed E-state index contributed by atoms with van der Waals surface area (Å²) in [7, 11) is 4.96. The van der Waals surface area contributed by atoms with Gasteiger partial charge in [-0.15, -0.1) is 0 Å². The van der Waals surface area contributed by atoms with Gasteiger partial charge in [0.25, 0.3) is 5.56 Å². The van der Waals surface area contributed by atoms with Crippen molar-refractivity contribution in [2.45, 2.75) is 27.2 Å². The number of aliphatic imine (C=N–C) groups is 1. The molecule has 0 atom stereocenters. The second kappa shape index (κ2) is 12.2.